The molecule has 1 aliphatic carbocycles. The van der Waals surface area contributed by atoms with Crippen LogP contribution in [0, 0.1) is 0 Å². The van der Waals surface area contributed by atoms with Crippen LogP contribution in [0.1, 0.15) is 19.8 Å². The van der Waals surface area contributed by atoms with Crippen molar-refractivity contribution in [3.63, 3.8) is 0 Å². The van der Waals surface area contributed by atoms with Crippen LogP contribution in [-0.2, 0) is 14.4 Å². The van der Waals surface area contributed by atoms with Gasteiger partial charge in [0.05, 0.1) is 5.70 Å². The van der Waals surface area contributed by atoms with Gasteiger partial charge < -0.3 is 5.32 Å². The number of rotatable bonds is 1. The highest BCUT2D eigenvalue weighted by Gasteiger charge is 2.18. The SMILES string of the molecule is CC(=O)NC1=CC(=O)CCC1=O. The summed E-state index contributed by atoms with van der Waals surface area (Å²) in [7, 11) is 0. The highest BCUT2D eigenvalue weighted by atomic mass is 16.2. The number of carbonyl (C=O) groups is 3. The lowest BCUT2D eigenvalue weighted by atomic mass is 10.0. The molecule has 12 heavy (non-hydrogen) atoms. The van der Waals surface area contributed by atoms with Gasteiger partial charge in [-0.1, -0.05) is 0 Å². The van der Waals surface area contributed by atoms with Gasteiger partial charge in [-0.2, -0.15) is 0 Å². The van der Waals surface area contributed by atoms with Crippen molar-refractivity contribution in [2.45, 2.75) is 19.8 Å². The second kappa shape index (κ2) is 3.30. The molecule has 0 fully saturated rings. The van der Waals surface area contributed by atoms with E-state index in [1.54, 1.807) is 0 Å². The van der Waals surface area contributed by atoms with E-state index >= 15 is 0 Å². The molecule has 1 amide bonds. The first-order valence-corrected chi connectivity index (χ1v) is 3.65. The van der Waals surface area contributed by atoms with Gasteiger partial charge in [-0.25, -0.2) is 0 Å². The van der Waals surface area contributed by atoms with E-state index in [0.29, 0.717) is 0 Å². The fourth-order valence-electron chi connectivity index (χ4n) is 0.980. The molecular formula is C8H9NO3. The Bertz CT molecular complexity index is 278. The lowest BCUT2D eigenvalue weighted by Crippen LogP contribution is -2.28. The summed E-state index contributed by atoms with van der Waals surface area (Å²) in [6.45, 7) is 1.30. The average molecular weight is 167 g/mol. The van der Waals surface area contributed by atoms with Gasteiger partial charge in [-0.05, 0) is 0 Å². The van der Waals surface area contributed by atoms with Gasteiger partial charge in [0.2, 0.25) is 5.91 Å². The minimum absolute atomic E-state index is 0.113. The fraction of sp³-hybridized carbons (Fsp3) is 0.375. The molecule has 0 saturated carbocycles. The minimum atomic E-state index is -0.329. The average Bonchev–Trinajstić information content (AvgIpc) is 1.96. The topological polar surface area (TPSA) is 63.2 Å². The Labute approximate surface area is 69.6 Å². The summed E-state index contributed by atoms with van der Waals surface area (Å²) in [5.41, 5.74) is 0.124. The summed E-state index contributed by atoms with van der Waals surface area (Å²) in [6.07, 6.45) is 1.64. The smallest absolute Gasteiger partial charge is 0.221 e. The maximum absolute atomic E-state index is 11.0. The van der Waals surface area contributed by atoms with E-state index in [1.165, 1.54) is 13.0 Å². The second-order valence-electron chi connectivity index (χ2n) is 2.63. The van der Waals surface area contributed by atoms with Crippen molar-refractivity contribution >= 4 is 17.5 Å². The molecule has 0 aliphatic heterocycles. The minimum Gasteiger partial charge on any atom is -0.323 e. The van der Waals surface area contributed by atoms with E-state index in [2.05, 4.69) is 5.32 Å². The molecule has 0 aromatic heterocycles. The van der Waals surface area contributed by atoms with Gasteiger partial charge in [-0.3, -0.25) is 14.4 Å². The third-order valence-electron chi connectivity index (χ3n) is 1.51. The first kappa shape index (κ1) is 8.64. The van der Waals surface area contributed by atoms with Crippen LogP contribution in [0.25, 0.3) is 0 Å². The standard InChI is InChI=1S/C8H9NO3/c1-5(10)9-7-4-6(11)2-3-8(7)12/h4H,2-3H2,1H3,(H,9,10). The lowest BCUT2D eigenvalue weighted by Gasteiger charge is -2.10. The molecule has 1 N–H and O–H groups in total. The molecule has 0 atom stereocenters. The fourth-order valence-corrected chi connectivity index (χ4v) is 0.980. The molecule has 1 rings (SSSR count). The largest absolute Gasteiger partial charge is 0.323 e. The first-order chi connectivity index (χ1) is 5.59. The van der Waals surface area contributed by atoms with Crippen LogP contribution in [0.15, 0.2) is 11.8 Å². The van der Waals surface area contributed by atoms with E-state index in [0.717, 1.165) is 0 Å². The van der Waals surface area contributed by atoms with Crippen LogP contribution in [0.3, 0.4) is 0 Å². The summed E-state index contributed by atoms with van der Waals surface area (Å²) < 4.78 is 0. The van der Waals surface area contributed by atoms with E-state index < -0.39 is 0 Å². The third kappa shape index (κ3) is 2.02. The number of hydrogen-bond donors (Lipinski definition) is 1. The predicted octanol–water partition coefficient (Wildman–Crippen LogP) is -0.0616. The van der Waals surface area contributed by atoms with E-state index in [4.69, 9.17) is 0 Å². The van der Waals surface area contributed by atoms with Crippen molar-refractivity contribution in [2.24, 2.45) is 0 Å². The zero-order valence-electron chi connectivity index (χ0n) is 6.72. The number of hydrogen-bond acceptors (Lipinski definition) is 3. The Morgan fingerprint density at radius 1 is 1.42 bits per heavy atom. The number of carbonyl (C=O) groups excluding carboxylic acids is 3. The van der Waals surface area contributed by atoms with Crippen molar-refractivity contribution in [3.8, 4) is 0 Å². The lowest BCUT2D eigenvalue weighted by molar-refractivity contribution is -0.124. The summed E-state index contributed by atoms with van der Waals surface area (Å²) in [5.74, 6) is -0.618. The molecule has 4 heteroatoms. The monoisotopic (exact) mass is 167 g/mol. The van der Waals surface area contributed by atoms with Crippen molar-refractivity contribution < 1.29 is 14.4 Å². The quantitative estimate of drug-likeness (QED) is 0.595. The van der Waals surface area contributed by atoms with E-state index in [1.807, 2.05) is 0 Å². The summed E-state index contributed by atoms with van der Waals surface area (Å²) >= 11 is 0. The Morgan fingerprint density at radius 2 is 2.08 bits per heavy atom. The molecular weight excluding hydrogens is 158 g/mol. The summed E-state index contributed by atoms with van der Waals surface area (Å²) in [4.78, 5) is 32.4. The van der Waals surface area contributed by atoms with Gasteiger partial charge in [0.1, 0.15) is 0 Å². The zero-order chi connectivity index (χ0) is 9.14. The highest BCUT2D eigenvalue weighted by molar-refractivity contribution is 6.09. The maximum atomic E-state index is 11.0. The molecule has 0 bridgehead atoms. The van der Waals surface area contributed by atoms with Gasteiger partial charge in [0.15, 0.2) is 11.6 Å². The van der Waals surface area contributed by atoms with Crippen molar-refractivity contribution in [2.75, 3.05) is 0 Å². The number of amides is 1. The first-order valence-electron chi connectivity index (χ1n) is 3.65. The maximum Gasteiger partial charge on any atom is 0.221 e. The van der Waals surface area contributed by atoms with Gasteiger partial charge in [-0.15, -0.1) is 0 Å². The Morgan fingerprint density at radius 3 is 2.67 bits per heavy atom. The van der Waals surface area contributed by atoms with Crippen molar-refractivity contribution in [1.29, 1.82) is 0 Å². The number of nitrogens with one attached hydrogen (secondary N) is 1. The van der Waals surface area contributed by atoms with Crippen LogP contribution >= 0.6 is 0 Å². The van der Waals surface area contributed by atoms with Crippen LogP contribution in [0.5, 0.6) is 0 Å². The van der Waals surface area contributed by atoms with Crippen molar-refractivity contribution in [1.82, 2.24) is 5.32 Å². The Kier molecular flexibility index (Phi) is 2.38. The van der Waals surface area contributed by atoms with Crippen molar-refractivity contribution in [3.05, 3.63) is 11.8 Å². The molecule has 0 unspecified atom stereocenters. The Balaban J connectivity index is 2.77. The van der Waals surface area contributed by atoms with Crippen LogP contribution < -0.4 is 5.32 Å². The van der Waals surface area contributed by atoms with E-state index in [-0.39, 0.29) is 36.0 Å². The van der Waals surface area contributed by atoms with Crippen LogP contribution in [0.2, 0.25) is 0 Å². The molecule has 0 heterocycles. The predicted molar refractivity (Wildman–Crippen MR) is 41.1 cm³/mol. The van der Waals surface area contributed by atoms with Gasteiger partial charge >= 0.3 is 0 Å². The normalized spacial score (nSPS) is 17.2. The Hall–Kier alpha value is -1.45. The molecule has 0 saturated heterocycles. The summed E-state index contributed by atoms with van der Waals surface area (Å²) in [6, 6.07) is 0. The number of ketones is 2. The molecule has 0 aromatic rings. The molecule has 4 nitrogen and oxygen atoms in total. The summed E-state index contributed by atoms with van der Waals surface area (Å²) in [5, 5.41) is 2.31. The van der Waals surface area contributed by atoms with Crippen LogP contribution in [-0.4, -0.2) is 17.5 Å². The van der Waals surface area contributed by atoms with Crippen LogP contribution in [0.4, 0.5) is 0 Å². The zero-order valence-corrected chi connectivity index (χ0v) is 6.72. The molecule has 0 aromatic carbocycles. The van der Waals surface area contributed by atoms with E-state index in [9.17, 15) is 14.4 Å². The number of allylic oxidation sites excluding steroid dienone is 2. The van der Waals surface area contributed by atoms with Gasteiger partial charge in [0, 0.05) is 25.8 Å². The second-order valence-corrected chi connectivity index (χ2v) is 2.63. The molecule has 1 aliphatic rings. The molecule has 0 spiro atoms. The van der Waals surface area contributed by atoms with Gasteiger partial charge in [0.25, 0.3) is 0 Å². The molecule has 0 radical (unpaired) electrons. The molecule has 64 valence electrons. The highest BCUT2D eigenvalue weighted by Crippen LogP contribution is 2.08. The number of Topliss-reactive ketones (excluding diaryl/α,β-unsaturated/α-hetero) is 1. The third-order valence-corrected chi connectivity index (χ3v) is 1.51.